The minimum Gasteiger partial charge on any atom is -0.321 e. The molecule has 104 valence electrons. The number of nitrogens with zero attached hydrogens (tertiary/aromatic N) is 2. The number of anilines is 1. The number of thiazole rings is 1. The zero-order valence-electron chi connectivity index (χ0n) is 11.4. The summed E-state index contributed by atoms with van der Waals surface area (Å²) < 4.78 is 1.11. The highest BCUT2D eigenvalue weighted by atomic mass is 32.1. The number of hydrogen-bond donors (Lipinski definition) is 1. The molecule has 0 spiro atoms. The number of aromatic nitrogens is 2. The highest BCUT2D eigenvalue weighted by molar-refractivity contribution is 7.19. The molecule has 3 aromatic rings. The van der Waals surface area contributed by atoms with E-state index < -0.39 is 0 Å². The Balaban J connectivity index is 1.73. The highest BCUT2D eigenvalue weighted by Gasteiger charge is 2.03. The molecule has 21 heavy (non-hydrogen) atoms. The van der Waals surface area contributed by atoms with Gasteiger partial charge in [0.2, 0.25) is 5.91 Å². The van der Waals surface area contributed by atoms with E-state index in [1.54, 1.807) is 29.8 Å². The summed E-state index contributed by atoms with van der Waals surface area (Å²) in [5.41, 5.74) is 2.65. The van der Waals surface area contributed by atoms with Crippen LogP contribution in [0.1, 0.15) is 10.6 Å². The third-order valence-corrected chi connectivity index (χ3v) is 3.99. The highest BCUT2D eigenvalue weighted by Crippen LogP contribution is 2.22. The molecule has 0 aliphatic rings. The maximum atomic E-state index is 11.9. The fraction of sp³-hybridized carbons (Fsp3) is 0.0625. The van der Waals surface area contributed by atoms with Crippen LogP contribution in [0.4, 0.5) is 5.69 Å². The molecule has 0 unspecified atom stereocenters. The first-order valence-corrected chi connectivity index (χ1v) is 7.29. The number of amides is 1. The number of benzene rings is 1. The van der Waals surface area contributed by atoms with Gasteiger partial charge in [-0.25, -0.2) is 4.98 Å². The molecule has 0 aliphatic carbocycles. The second-order valence-corrected chi connectivity index (χ2v) is 5.60. The summed E-state index contributed by atoms with van der Waals surface area (Å²) in [6.45, 7) is 1.93. The molecule has 2 heterocycles. The van der Waals surface area contributed by atoms with E-state index in [2.05, 4.69) is 15.3 Å². The molecule has 0 bridgehead atoms. The molecule has 0 saturated heterocycles. The number of carbonyl (C=O) groups is 1. The molecule has 0 saturated carbocycles. The lowest BCUT2D eigenvalue weighted by Gasteiger charge is -2.04. The maximum Gasteiger partial charge on any atom is 0.248 e. The van der Waals surface area contributed by atoms with Crippen molar-refractivity contribution in [1.82, 2.24) is 9.97 Å². The molecular formula is C16H13N3OS. The van der Waals surface area contributed by atoms with Gasteiger partial charge in [-0.05, 0) is 36.8 Å². The van der Waals surface area contributed by atoms with Crippen molar-refractivity contribution in [3.05, 3.63) is 59.4 Å². The second kappa shape index (κ2) is 5.85. The summed E-state index contributed by atoms with van der Waals surface area (Å²) in [6, 6.07) is 9.76. The minimum atomic E-state index is -0.189. The van der Waals surface area contributed by atoms with Crippen molar-refractivity contribution in [2.24, 2.45) is 0 Å². The standard InChI is InChI=1S/C16H13N3OS/c1-11-8-9-17-10-13(11)18-15(20)6-7-16-19-12-4-2-3-5-14(12)21-16/h2-10H,1H3,(H,18,20). The molecule has 4 nitrogen and oxygen atoms in total. The molecule has 1 N–H and O–H groups in total. The van der Waals surface area contributed by atoms with Crippen LogP contribution in [0, 0.1) is 6.92 Å². The van der Waals surface area contributed by atoms with Crippen LogP contribution in [0.15, 0.2) is 48.8 Å². The molecule has 0 atom stereocenters. The maximum absolute atomic E-state index is 11.9. The number of pyridine rings is 1. The molecule has 0 aliphatic heterocycles. The van der Waals surface area contributed by atoms with Crippen molar-refractivity contribution < 1.29 is 4.79 Å². The summed E-state index contributed by atoms with van der Waals surface area (Å²) in [7, 11) is 0. The monoisotopic (exact) mass is 295 g/mol. The molecular weight excluding hydrogens is 282 g/mol. The van der Waals surface area contributed by atoms with Crippen molar-refractivity contribution in [3.8, 4) is 0 Å². The SMILES string of the molecule is Cc1ccncc1NC(=O)C=Cc1nc2ccccc2s1. The first-order valence-electron chi connectivity index (χ1n) is 6.47. The van der Waals surface area contributed by atoms with Crippen LogP contribution in [-0.4, -0.2) is 15.9 Å². The quantitative estimate of drug-likeness (QED) is 0.750. The number of rotatable bonds is 3. The van der Waals surface area contributed by atoms with E-state index in [1.807, 2.05) is 37.3 Å². The van der Waals surface area contributed by atoms with Crippen LogP contribution in [0.2, 0.25) is 0 Å². The largest absolute Gasteiger partial charge is 0.321 e. The van der Waals surface area contributed by atoms with Gasteiger partial charge in [0.1, 0.15) is 5.01 Å². The van der Waals surface area contributed by atoms with E-state index >= 15 is 0 Å². The van der Waals surface area contributed by atoms with E-state index in [4.69, 9.17) is 0 Å². The smallest absolute Gasteiger partial charge is 0.248 e. The predicted octanol–water partition coefficient (Wildman–Crippen LogP) is 3.65. The Bertz CT molecular complexity index is 790. The number of aryl methyl sites for hydroxylation is 1. The van der Waals surface area contributed by atoms with E-state index in [9.17, 15) is 4.79 Å². The number of carbonyl (C=O) groups excluding carboxylic acids is 1. The Morgan fingerprint density at radius 1 is 1.29 bits per heavy atom. The summed E-state index contributed by atoms with van der Waals surface area (Å²) >= 11 is 1.56. The Hall–Kier alpha value is -2.53. The van der Waals surface area contributed by atoms with Crippen LogP contribution in [0.5, 0.6) is 0 Å². The number of fused-ring (bicyclic) bond motifs is 1. The third kappa shape index (κ3) is 3.14. The van der Waals surface area contributed by atoms with E-state index in [-0.39, 0.29) is 5.91 Å². The summed E-state index contributed by atoms with van der Waals surface area (Å²) in [6.07, 6.45) is 6.55. The fourth-order valence-corrected chi connectivity index (χ4v) is 2.75. The Labute approximate surface area is 126 Å². The lowest BCUT2D eigenvalue weighted by Crippen LogP contribution is -2.09. The molecule has 1 aromatic carbocycles. The molecule has 1 amide bonds. The van der Waals surface area contributed by atoms with Gasteiger partial charge in [-0.1, -0.05) is 12.1 Å². The zero-order valence-corrected chi connectivity index (χ0v) is 12.2. The zero-order chi connectivity index (χ0) is 14.7. The summed E-state index contributed by atoms with van der Waals surface area (Å²) in [4.78, 5) is 20.3. The van der Waals surface area contributed by atoms with Crippen molar-refractivity contribution >= 4 is 39.2 Å². The lowest BCUT2D eigenvalue weighted by atomic mass is 10.2. The van der Waals surface area contributed by atoms with Crippen LogP contribution in [0.3, 0.4) is 0 Å². The van der Waals surface area contributed by atoms with Crippen LogP contribution in [0.25, 0.3) is 16.3 Å². The van der Waals surface area contributed by atoms with Gasteiger partial charge in [-0.3, -0.25) is 9.78 Å². The minimum absolute atomic E-state index is 0.189. The van der Waals surface area contributed by atoms with Gasteiger partial charge in [0, 0.05) is 12.3 Å². The van der Waals surface area contributed by atoms with E-state index in [0.717, 1.165) is 26.5 Å². The van der Waals surface area contributed by atoms with Crippen LogP contribution in [-0.2, 0) is 4.79 Å². The van der Waals surface area contributed by atoms with Gasteiger partial charge in [0.15, 0.2) is 0 Å². The molecule has 5 heteroatoms. The Kier molecular flexibility index (Phi) is 3.75. The molecule has 3 rings (SSSR count). The van der Waals surface area contributed by atoms with Crippen molar-refractivity contribution in [2.45, 2.75) is 6.92 Å². The lowest BCUT2D eigenvalue weighted by molar-refractivity contribution is -0.111. The van der Waals surface area contributed by atoms with Crippen molar-refractivity contribution in [2.75, 3.05) is 5.32 Å². The van der Waals surface area contributed by atoms with Gasteiger partial charge in [-0.15, -0.1) is 11.3 Å². The number of para-hydroxylation sites is 1. The van der Waals surface area contributed by atoms with Gasteiger partial charge < -0.3 is 5.32 Å². The Morgan fingerprint density at radius 2 is 2.14 bits per heavy atom. The average molecular weight is 295 g/mol. The normalized spacial score (nSPS) is 11.1. The second-order valence-electron chi connectivity index (χ2n) is 4.53. The van der Waals surface area contributed by atoms with E-state index in [0.29, 0.717) is 0 Å². The topological polar surface area (TPSA) is 54.9 Å². The Morgan fingerprint density at radius 3 is 2.95 bits per heavy atom. The molecule has 0 radical (unpaired) electrons. The van der Waals surface area contributed by atoms with Crippen molar-refractivity contribution in [1.29, 1.82) is 0 Å². The van der Waals surface area contributed by atoms with Gasteiger partial charge in [0.05, 0.1) is 22.1 Å². The van der Waals surface area contributed by atoms with Gasteiger partial charge >= 0.3 is 0 Å². The number of hydrogen-bond acceptors (Lipinski definition) is 4. The average Bonchev–Trinajstić information content (AvgIpc) is 2.90. The van der Waals surface area contributed by atoms with Crippen molar-refractivity contribution in [3.63, 3.8) is 0 Å². The third-order valence-electron chi connectivity index (χ3n) is 2.98. The first kappa shape index (κ1) is 13.5. The van der Waals surface area contributed by atoms with Gasteiger partial charge in [-0.2, -0.15) is 0 Å². The van der Waals surface area contributed by atoms with Crippen LogP contribution < -0.4 is 5.32 Å². The molecule has 0 fully saturated rings. The fourth-order valence-electron chi connectivity index (χ4n) is 1.88. The van der Waals surface area contributed by atoms with E-state index in [1.165, 1.54) is 6.08 Å². The summed E-state index contributed by atoms with van der Waals surface area (Å²) in [5.74, 6) is -0.189. The predicted molar refractivity (Wildman–Crippen MR) is 86.3 cm³/mol. The summed E-state index contributed by atoms with van der Waals surface area (Å²) in [5, 5.41) is 3.62. The first-order chi connectivity index (χ1) is 10.2. The molecule has 2 aromatic heterocycles. The van der Waals surface area contributed by atoms with Gasteiger partial charge in [0.25, 0.3) is 0 Å². The van der Waals surface area contributed by atoms with Crippen LogP contribution >= 0.6 is 11.3 Å². The number of nitrogens with one attached hydrogen (secondary N) is 1.